The third-order valence-electron chi connectivity index (χ3n) is 20.8. The minimum atomic E-state index is -4.71. The second kappa shape index (κ2) is 26.4. The van der Waals surface area contributed by atoms with Crippen LogP contribution in [0.25, 0.3) is 0 Å². The standard InChI is InChI=1S/C67H77F9N12O6S/c1-38(2)95(93,94)87-29-23-57-51(37-87)59(81-79-57)63(91)85-26-20-45(48-13-7-10-16-54(48)67(74,75)76)43(34-85)31-39(3)61(89)86-28-22-56-50(36-86)60(82-78-56)64(92)88-30-19-42(47-12-6-9-15-53(47)66(71,72)73)33-44(88)32-40(4)84-27-21-55-49(35-84)58(80-77-55)62(90)83-24-17-41(18-25-83)46-11-5-8-14-52(46)65(68,69)70/h5-16,38-45H,17-37H2,1-4H3,(H,77,80)(H,78,82)(H,79,81). The van der Waals surface area contributed by atoms with E-state index in [0.29, 0.717) is 66.7 Å². The third-order valence-corrected chi connectivity index (χ3v) is 23.1. The molecule has 0 spiro atoms. The minimum Gasteiger partial charge on any atom is -0.338 e. The van der Waals surface area contributed by atoms with Crippen LogP contribution >= 0.6 is 0 Å². The fourth-order valence-electron chi connectivity index (χ4n) is 15.7. The lowest BCUT2D eigenvalue weighted by molar-refractivity contribution is -0.139. The molecule has 6 aromatic rings. The van der Waals surface area contributed by atoms with Gasteiger partial charge in [-0.15, -0.1) is 0 Å². The maximum Gasteiger partial charge on any atom is 0.416 e. The van der Waals surface area contributed by atoms with E-state index < -0.39 is 97.9 Å². The number of piperidine rings is 3. The molecule has 3 aromatic carbocycles. The van der Waals surface area contributed by atoms with Crippen LogP contribution in [0.1, 0.15) is 189 Å². The van der Waals surface area contributed by atoms with Gasteiger partial charge in [0.15, 0.2) is 17.1 Å². The van der Waals surface area contributed by atoms with Crippen LogP contribution in [0.5, 0.6) is 0 Å². The highest BCUT2D eigenvalue weighted by Gasteiger charge is 2.46. The first kappa shape index (κ1) is 67.4. The molecular weight excluding hydrogens is 1270 g/mol. The highest BCUT2D eigenvalue weighted by Crippen LogP contribution is 2.46. The topological polar surface area (TPSA) is 208 Å². The Bertz CT molecular complexity index is 3970. The highest BCUT2D eigenvalue weighted by atomic mass is 32.2. The number of benzene rings is 3. The van der Waals surface area contributed by atoms with Crippen molar-refractivity contribution in [3.05, 3.63) is 157 Å². The summed E-state index contributed by atoms with van der Waals surface area (Å²) in [5.74, 6) is -4.89. The Morgan fingerprint density at radius 2 is 1.00 bits per heavy atom. The Kier molecular flexibility index (Phi) is 18.8. The summed E-state index contributed by atoms with van der Waals surface area (Å²) in [4.78, 5) is 67.5. The van der Waals surface area contributed by atoms with Crippen LogP contribution in [0.2, 0.25) is 0 Å². The fourth-order valence-corrected chi connectivity index (χ4v) is 17.0. The van der Waals surface area contributed by atoms with Gasteiger partial charge in [0.2, 0.25) is 15.9 Å². The number of hydrogen-bond acceptors (Lipinski definition) is 10. The van der Waals surface area contributed by atoms with Crippen LogP contribution in [0, 0.1) is 11.8 Å². The van der Waals surface area contributed by atoms with Crippen LogP contribution in [0.4, 0.5) is 39.5 Å². The van der Waals surface area contributed by atoms with E-state index in [-0.39, 0.29) is 149 Å². The number of sulfonamides is 1. The quantitative estimate of drug-likeness (QED) is 0.0879. The molecular formula is C67H77F9N12O6S. The Labute approximate surface area is 544 Å². The second-order valence-electron chi connectivity index (χ2n) is 26.8. The van der Waals surface area contributed by atoms with E-state index in [4.69, 9.17) is 0 Å². The number of halogens is 9. The monoisotopic (exact) mass is 1350 g/mol. The van der Waals surface area contributed by atoms with E-state index in [0.717, 1.165) is 23.9 Å². The van der Waals surface area contributed by atoms with E-state index in [1.54, 1.807) is 47.6 Å². The SMILES string of the molecule is CC(CC1CN(C(=O)c2n[nH]c3c2CN(S(=O)(=O)C(C)C)CC3)CCC1c1ccccc1C(F)(F)F)C(=O)N1CCc2[nH]nc(C(=O)N3CCC(c4ccccc4C(F)(F)F)CC3CC(C)N3CCc4[nH]nc(C(=O)N5CCC(c6ccccc6C(F)(F)F)CC5)c4C3)c2C1. The summed E-state index contributed by atoms with van der Waals surface area (Å²) >= 11 is 0. The molecule has 6 aliphatic heterocycles. The smallest absolute Gasteiger partial charge is 0.338 e. The summed E-state index contributed by atoms with van der Waals surface area (Å²) in [6.45, 7) is 8.40. The number of nitrogens with one attached hydrogen (secondary N) is 3. The molecule has 3 N–H and O–H groups in total. The molecule has 0 radical (unpaired) electrons. The van der Waals surface area contributed by atoms with Gasteiger partial charge in [0.05, 0.1) is 21.9 Å². The zero-order valence-corrected chi connectivity index (χ0v) is 54.0. The van der Waals surface area contributed by atoms with Crippen LogP contribution < -0.4 is 0 Å². The number of likely N-dealkylation sites (tertiary alicyclic amines) is 3. The van der Waals surface area contributed by atoms with Crippen molar-refractivity contribution in [3.8, 4) is 0 Å². The molecule has 6 atom stereocenters. The number of rotatable bonds is 14. The van der Waals surface area contributed by atoms with E-state index in [2.05, 4.69) is 35.5 Å². The van der Waals surface area contributed by atoms with Gasteiger partial charge in [0, 0.05) is 143 Å². The summed E-state index contributed by atoms with van der Waals surface area (Å²) in [5, 5.41) is 21.6. The summed E-state index contributed by atoms with van der Waals surface area (Å²) in [6, 6.07) is 15.3. The molecule has 6 aliphatic rings. The van der Waals surface area contributed by atoms with E-state index in [9.17, 15) is 62.3 Å². The Hall–Kier alpha value is -7.59. The van der Waals surface area contributed by atoms with Crippen molar-refractivity contribution in [2.24, 2.45) is 11.8 Å². The molecule has 4 amide bonds. The Morgan fingerprint density at radius 1 is 0.526 bits per heavy atom. The Morgan fingerprint density at radius 3 is 1.58 bits per heavy atom. The Balaban J connectivity index is 0.757. The molecule has 18 nitrogen and oxygen atoms in total. The number of H-pyrrole nitrogens is 3. The molecule has 0 saturated carbocycles. The first-order valence-corrected chi connectivity index (χ1v) is 34.1. The van der Waals surface area contributed by atoms with Crippen molar-refractivity contribution >= 4 is 33.7 Å². The van der Waals surface area contributed by atoms with Gasteiger partial charge < -0.3 is 19.6 Å². The van der Waals surface area contributed by atoms with Crippen LogP contribution in [-0.4, -0.2) is 161 Å². The number of carbonyl (C=O) groups excluding carboxylic acids is 4. The molecule has 0 bridgehead atoms. The van der Waals surface area contributed by atoms with Gasteiger partial charge in [-0.25, -0.2) is 8.42 Å². The molecule has 9 heterocycles. The van der Waals surface area contributed by atoms with Gasteiger partial charge in [-0.3, -0.25) is 39.4 Å². The lowest BCUT2D eigenvalue weighted by Gasteiger charge is -2.43. The van der Waals surface area contributed by atoms with Gasteiger partial charge in [-0.2, -0.15) is 59.1 Å². The maximum absolute atomic E-state index is 15.3. The largest absolute Gasteiger partial charge is 0.416 e. The van der Waals surface area contributed by atoms with Crippen molar-refractivity contribution in [1.29, 1.82) is 0 Å². The van der Waals surface area contributed by atoms with Crippen LogP contribution in [0.3, 0.4) is 0 Å². The lowest BCUT2D eigenvalue weighted by atomic mass is 9.74. The van der Waals surface area contributed by atoms with Gasteiger partial charge in [-0.1, -0.05) is 61.5 Å². The van der Waals surface area contributed by atoms with E-state index in [1.165, 1.54) is 51.7 Å². The molecule has 0 aliphatic carbocycles. The minimum absolute atomic E-state index is 0.0275. The molecule has 510 valence electrons. The van der Waals surface area contributed by atoms with Gasteiger partial charge in [-0.05, 0) is 124 Å². The lowest BCUT2D eigenvalue weighted by Crippen LogP contribution is -2.50. The summed E-state index contributed by atoms with van der Waals surface area (Å²) in [5.41, 5.74) is 1.96. The van der Waals surface area contributed by atoms with Gasteiger partial charge >= 0.3 is 18.5 Å². The van der Waals surface area contributed by atoms with Gasteiger partial charge in [0.25, 0.3) is 17.7 Å². The molecule has 6 unspecified atom stereocenters. The first-order valence-electron chi connectivity index (χ1n) is 32.6. The third kappa shape index (κ3) is 13.5. The number of fused-ring (bicyclic) bond motifs is 3. The van der Waals surface area contributed by atoms with Crippen molar-refractivity contribution in [1.82, 2.24) is 59.4 Å². The average molecular weight is 1350 g/mol. The van der Waals surface area contributed by atoms with E-state index in [1.807, 2.05) is 6.92 Å². The van der Waals surface area contributed by atoms with E-state index >= 15 is 4.79 Å². The average Bonchev–Trinajstić information content (AvgIpc) is 1.77. The molecule has 3 fully saturated rings. The number of nitrogens with zero attached hydrogens (tertiary/aromatic N) is 9. The number of amides is 4. The first-order chi connectivity index (χ1) is 45.1. The van der Waals surface area contributed by atoms with Crippen molar-refractivity contribution in [2.75, 3.05) is 52.4 Å². The molecule has 12 rings (SSSR count). The van der Waals surface area contributed by atoms with Crippen LogP contribution in [-0.2, 0) is 72.2 Å². The predicted molar refractivity (Wildman–Crippen MR) is 331 cm³/mol. The maximum atomic E-state index is 15.3. The normalized spacial score (nSPS) is 21.9. The fraction of sp³-hybridized carbons (Fsp3) is 0.537. The van der Waals surface area contributed by atoms with Crippen molar-refractivity contribution < 1.29 is 67.1 Å². The molecule has 3 saturated heterocycles. The van der Waals surface area contributed by atoms with Crippen LogP contribution in [0.15, 0.2) is 72.8 Å². The number of carbonyl (C=O) groups is 4. The van der Waals surface area contributed by atoms with Crippen molar-refractivity contribution in [2.45, 2.75) is 165 Å². The summed E-state index contributed by atoms with van der Waals surface area (Å²) < 4.78 is 158. The molecule has 28 heteroatoms. The second-order valence-corrected chi connectivity index (χ2v) is 29.3. The van der Waals surface area contributed by atoms with Gasteiger partial charge in [0.1, 0.15) is 0 Å². The van der Waals surface area contributed by atoms with Crippen molar-refractivity contribution in [3.63, 3.8) is 0 Å². The molecule has 3 aromatic heterocycles. The summed E-state index contributed by atoms with van der Waals surface area (Å²) in [6.07, 6.45) is -11.3. The number of alkyl halides is 9. The highest BCUT2D eigenvalue weighted by molar-refractivity contribution is 7.89. The zero-order valence-electron chi connectivity index (χ0n) is 53.2. The number of aromatic nitrogens is 6. The predicted octanol–water partition coefficient (Wildman–Crippen LogP) is 11.1. The zero-order chi connectivity index (χ0) is 67.6. The number of aromatic amines is 3. The molecule has 95 heavy (non-hydrogen) atoms. The summed E-state index contributed by atoms with van der Waals surface area (Å²) in [7, 11) is -3.69. The number of hydrogen-bond donors (Lipinski definition) is 3.